The van der Waals surface area contributed by atoms with Gasteiger partial charge in [-0.1, -0.05) is 56.3 Å². The third-order valence-corrected chi connectivity index (χ3v) is 5.77. The summed E-state index contributed by atoms with van der Waals surface area (Å²) in [6.45, 7) is 10.1. The summed E-state index contributed by atoms with van der Waals surface area (Å²) in [4.78, 5) is 7.20. The number of aromatic nitrogens is 2. The Bertz CT molecular complexity index is 1020. The quantitative estimate of drug-likeness (QED) is 0.664. The van der Waals surface area contributed by atoms with E-state index in [2.05, 4.69) is 84.4 Å². The van der Waals surface area contributed by atoms with Crippen LogP contribution in [0.4, 0.5) is 5.69 Å². The number of rotatable bonds is 7. The molecule has 4 rings (SSSR count). The standard InChI is InChI=1S/C26H32N4O2/c1-4-5-6-7-23-19(2)16-20(3)25(28-23)22-10-8-21(9-11-22)18-32-26-24(17-27-29-26)30-12-14-31-15-13-30/h5-11,16-17,19H,4,12-15,18H2,1-3H3,(H,27,29)/b6-5-,23-7+/t19-/m0/s1. The van der Waals surface area contributed by atoms with E-state index in [4.69, 9.17) is 14.5 Å². The van der Waals surface area contributed by atoms with Crippen molar-refractivity contribution in [1.29, 1.82) is 0 Å². The van der Waals surface area contributed by atoms with E-state index in [9.17, 15) is 0 Å². The zero-order valence-corrected chi connectivity index (χ0v) is 19.2. The van der Waals surface area contributed by atoms with Crippen LogP contribution in [0, 0.1) is 5.92 Å². The second kappa shape index (κ2) is 10.5. The Morgan fingerprint density at radius 2 is 2.00 bits per heavy atom. The third kappa shape index (κ3) is 5.19. The molecule has 6 heteroatoms. The van der Waals surface area contributed by atoms with Gasteiger partial charge in [0.05, 0.1) is 25.1 Å². The van der Waals surface area contributed by atoms with E-state index in [1.165, 1.54) is 5.57 Å². The molecule has 6 nitrogen and oxygen atoms in total. The first-order valence-electron chi connectivity index (χ1n) is 11.4. The molecule has 2 aromatic rings. The third-order valence-electron chi connectivity index (χ3n) is 5.77. The molecule has 0 radical (unpaired) electrons. The number of aliphatic imine (C=N–C) groups is 1. The molecule has 168 valence electrons. The van der Waals surface area contributed by atoms with Crippen LogP contribution in [0.15, 0.2) is 71.0 Å². The maximum atomic E-state index is 6.05. The summed E-state index contributed by atoms with van der Waals surface area (Å²) in [5, 5.41) is 7.15. The van der Waals surface area contributed by atoms with Crippen molar-refractivity contribution in [2.75, 3.05) is 31.2 Å². The number of nitrogens with zero attached hydrogens (tertiary/aromatic N) is 3. The van der Waals surface area contributed by atoms with Crippen LogP contribution in [-0.2, 0) is 11.3 Å². The van der Waals surface area contributed by atoms with E-state index in [0.29, 0.717) is 18.4 Å². The predicted molar refractivity (Wildman–Crippen MR) is 129 cm³/mol. The summed E-state index contributed by atoms with van der Waals surface area (Å²) in [5.74, 6) is 1.03. The highest BCUT2D eigenvalue weighted by atomic mass is 16.5. The number of benzene rings is 1. The largest absolute Gasteiger partial charge is 0.472 e. The smallest absolute Gasteiger partial charge is 0.233 e. The molecule has 1 aromatic heterocycles. The SMILES string of the molecule is CC/C=C\C=C1\N=C(c2ccc(COc3[nH]ncc3N3CCOCC3)cc2)C(C)=C[C@@H]1C. The monoisotopic (exact) mass is 432 g/mol. The Morgan fingerprint density at radius 1 is 1.22 bits per heavy atom. The normalized spacial score (nSPS) is 20.5. The lowest BCUT2D eigenvalue weighted by Gasteiger charge is -2.28. The van der Waals surface area contributed by atoms with Gasteiger partial charge in [-0.15, -0.1) is 0 Å². The van der Waals surface area contributed by atoms with Gasteiger partial charge in [-0.25, -0.2) is 5.10 Å². The molecule has 1 saturated heterocycles. The molecule has 1 atom stereocenters. The molecule has 0 aliphatic carbocycles. The van der Waals surface area contributed by atoms with Crippen molar-refractivity contribution in [3.8, 4) is 5.88 Å². The molecule has 1 fully saturated rings. The molecule has 1 aromatic carbocycles. The summed E-state index contributed by atoms with van der Waals surface area (Å²) >= 11 is 0. The van der Waals surface area contributed by atoms with Gasteiger partial charge >= 0.3 is 0 Å². The highest BCUT2D eigenvalue weighted by Gasteiger charge is 2.18. The Balaban J connectivity index is 1.44. The molecule has 0 saturated carbocycles. The van der Waals surface area contributed by atoms with E-state index in [-0.39, 0.29) is 0 Å². The van der Waals surface area contributed by atoms with Crippen molar-refractivity contribution in [3.05, 3.63) is 77.2 Å². The van der Waals surface area contributed by atoms with Crippen LogP contribution in [0.2, 0.25) is 0 Å². The van der Waals surface area contributed by atoms with Crippen LogP contribution in [0.5, 0.6) is 5.88 Å². The molecule has 1 N–H and O–H groups in total. The summed E-state index contributed by atoms with van der Waals surface area (Å²) in [5.41, 5.74) is 6.56. The number of hydrogen-bond donors (Lipinski definition) is 1. The second-order valence-corrected chi connectivity index (χ2v) is 8.20. The van der Waals surface area contributed by atoms with Crippen LogP contribution in [0.1, 0.15) is 38.3 Å². The fourth-order valence-corrected chi connectivity index (χ4v) is 3.96. The average molecular weight is 433 g/mol. The lowest BCUT2D eigenvalue weighted by molar-refractivity contribution is 0.122. The van der Waals surface area contributed by atoms with Crippen molar-refractivity contribution in [2.45, 2.75) is 33.8 Å². The lowest BCUT2D eigenvalue weighted by Crippen LogP contribution is -2.36. The number of nitrogens with one attached hydrogen (secondary N) is 1. The highest BCUT2D eigenvalue weighted by molar-refractivity contribution is 6.13. The summed E-state index contributed by atoms with van der Waals surface area (Å²) in [6.07, 6.45) is 11.5. The van der Waals surface area contributed by atoms with Gasteiger partial charge in [-0.3, -0.25) is 4.99 Å². The number of H-pyrrole nitrogens is 1. The summed E-state index contributed by atoms with van der Waals surface area (Å²) in [7, 11) is 0. The fraction of sp³-hybridized carbons (Fsp3) is 0.385. The van der Waals surface area contributed by atoms with Crippen LogP contribution in [0.3, 0.4) is 0 Å². The van der Waals surface area contributed by atoms with E-state index in [1.807, 2.05) is 6.20 Å². The van der Waals surface area contributed by atoms with E-state index >= 15 is 0 Å². The molecule has 0 spiro atoms. The lowest BCUT2D eigenvalue weighted by atomic mass is 9.93. The number of hydrogen-bond acceptors (Lipinski definition) is 5. The Morgan fingerprint density at radius 3 is 2.75 bits per heavy atom. The predicted octanol–water partition coefficient (Wildman–Crippen LogP) is 5.06. The van der Waals surface area contributed by atoms with Crippen molar-refractivity contribution in [1.82, 2.24) is 10.2 Å². The Kier molecular flexibility index (Phi) is 7.22. The molecule has 2 aliphatic heterocycles. The molecule has 32 heavy (non-hydrogen) atoms. The minimum atomic E-state index is 0.322. The van der Waals surface area contributed by atoms with Crippen LogP contribution >= 0.6 is 0 Å². The fourth-order valence-electron chi connectivity index (χ4n) is 3.96. The molecular formula is C26H32N4O2. The molecular weight excluding hydrogens is 400 g/mol. The first-order chi connectivity index (χ1) is 15.7. The van der Waals surface area contributed by atoms with Crippen LogP contribution < -0.4 is 9.64 Å². The average Bonchev–Trinajstić information content (AvgIpc) is 3.29. The van der Waals surface area contributed by atoms with E-state index < -0.39 is 0 Å². The van der Waals surface area contributed by atoms with Gasteiger partial charge in [-0.2, -0.15) is 5.10 Å². The first kappa shape index (κ1) is 22.1. The first-order valence-corrected chi connectivity index (χ1v) is 11.4. The number of anilines is 1. The van der Waals surface area contributed by atoms with E-state index in [0.717, 1.165) is 60.9 Å². The van der Waals surface area contributed by atoms with Gasteiger partial charge in [0.25, 0.3) is 0 Å². The van der Waals surface area contributed by atoms with Gasteiger partial charge in [0, 0.05) is 30.3 Å². The highest BCUT2D eigenvalue weighted by Crippen LogP contribution is 2.28. The van der Waals surface area contributed by atoms with Gasteiger partial charge in [0.1, 0.15) is 12.3 Å². The molecule has 2 aliphatic rings. The zero-order chi connectivity index (χ0) is 22.3. The Hall–Kier alpha value is -3.12. The maximum absolute atomic E-state index is 6.05. The summed E-state index contributed by atoms with van der Waals surface area (Å²) in [6, 6.07) is 8.46. The number of morpholine rings is 1. The Labute approximate surface area is 190 Å². The number of aromatic amines is 1. The molecule has 0 unspecified atom stereocenters. The van der Waals surface area contributed by atoms with Gasteiger partial charge in [0.2, 0.25) is 5.88 Å². The van der Waals surface area contributed by atoms with Crippen LogP contribution in [0.25, 0.3) is 0 Å². The maximum Gasteiger partial charge on any atom is 0.233 e. The van der Waals surface area contributed by atoms with Gasteiger partial charge in [0.15, 0.2) is 0 Å². The number of allylic oxidation sites excluding steroid dienone is 5. The van der Waals surface area contributed by atoms with Gasteiger partial charge < -0.3 is 14.4 Å². The van der Waals surface area contributed by atoms with Gasteiger partial charge in [-0.05, 0) is 30.6 Å². The minimum Gasteiger partial charge on any atom is -0.472 e. The van der Waals surface area contributed by atoms with Crippen molar-refractivity contribution in [3.63, 3.8) is 0 Å². The van der Waals surface area contributed by atoms with Crippen LogP contribution in [-0.4, -0.2) is 42.2 Å². The van der Waals surface area contributed by atoms with Crippen molar-refractivity contribution in [2.24, 2.45) is 10.9 Å². The number of ether oxygens (including phenoxy) is 2. The minimum absolute atomic E-state index is 0.322. The van der Waals surface area contributed by atoms with E-state index in [1.54, 1.807) is 0 Å². The van der Waals surface area contributed by atoms with Crippen molar-refractivity contribution < 1.29 is 9.47 Å². The number of dihydropyridines is 1. The topological polar surface area (TPSA) is 62.7 Å². The second-order valence-electron chi connectivity index (χ2n) is 8.20. The molecule has 0 bridgehead atoms. The summed E-state index contributed by atoms with van der Waals surface area (Å²) < 4.78 is 11.5. The zero-order valence-electron chi connectivity index (χ0n) is 19.2. The van der Waals surface area contributed by atoms with Crippen molar-refractivity contribution >= 4 is 11.4 Å². The molecule has 3 heterocycles. The molecule has 0 amide bonds.